The van der Waals surface area contributed by atoms with E-state index in [4.69, 9.17) is 0 Å². The number of nitrogens with one attached hydrogen (secondary N) is 1. The lowest BCUT2D eigenvalue weighted by Gasteiger charge is -2.10. The van der Waals surface area contributed by atoms with Crippen molar-refractivity contribution in [1.82, 2.24) is 19.7 Å². The summed E-state index contributed by atoms with van der Waals surface area (Å²) in [6.45, 7) is 0. The lowest BCUT2D eigenvalue weighted by Crippen LogP contribution is -2.21. The van der Waals surface area contributed by atoms with Crippen LogP contribution in [0.1, 0.15) is 18.9 Å². The predicted octanol–water partition coefficient (Wildman–Crippen LogP) is 4.04. The predicted molar refractivity (Wildman–Crippen MR) is 78.6 cm³/mol. The van der Waals surface area contributed by atoms with Gasteiger partial charge in [0.15, 0.2) is 17.5 Å². The second kappa shape index (κ2) is 5.36. The van der Waals surface area contributed by atoms with E-state index in [1.807, 2.05) is 0 Å². The number of imidazole rings is 1. The van der Waals surface area contributed by atoms with Crippen molar-refractivity contribution in [3.63, 3.8) is 0 Å². The molecule has 0 radical (unpaired) electrons. The number of hydrogen-bond acceptors (Lipinski definition) is 4. The van der Waals surface area contributed by atoms with E-state index in [-0.39, 0.29) is 17.1 Å². The second-order valence-electron chi connectivity index (χ2n) is 5.74. The number of benzene rings is 1. The Labute approximate surface area is 137 Å². The van der Waals surface area contributed by atoms with Gasteiger partial charge >= 0.3 is 6.30 Å². The molecule has 0 saturated heterocycles. The Kier molecular flexibility index (Phi) is 3.37. The van der Waals surface area contributed by atoms with Gasteiger partial charge in [0.2, 0.25) is 0 Å². The van der Waals surface area contributed by atoms with E-state index in [1.54, 1.807) is 4.57 Å². The summed E-state index contributed by atoms with van der Waals surface area (Å²) in [5, 5.41) is 8.22. The quantitative estimate of drug-likeness (QED) is 0.569. The van der Waals surface area contributed by atoms with Crippen LogP contribution in [0.2, 0.25) is 0 Å². The molecule has 130 valence electrons. The fourth-order valence-corrected chi connectivity index (χ4v) is 2.69. The van der Waals surface area contributed by atoms with E-state index in [1.165, 1.54) is 11.5 Å². The van der Waals surface area contributed by atoms with Gasteiger partial charge in [-0.1, -0.05) is 0 Å². The molecule has 3 aromatic rings. The van der Waals surface area contributed by atoms with E-state index in [0.717, 1.165) is 31.0 Å². The summed E-state index contributed by atoms with van der Waals surface area (Å²) in [5.41, 5.74) is 0.882. The van der Waals surface area contributed by atoms with Crippen LogP contribution in [-0.4, -0.2) is 26.0 Å². The van der Waals surface area contributed by atoms with Crippen LogP contribution in [0.25, 0.3) is 22.4 Å². The summed E-state index contributed by atoms with van der Waals surface area (Å²) in [6, 6.07) is 3.20. The molecule has 0 spiro atoms. The number of halogens is 5. The van der Waals surface area contributed by atoms with Crippen LogP contribution in [0.3, 0.4) is 0 Å². The van der Waals surface area contributed by atoms with Gasteiger partial charge < -0.3 is 4.57 Å². The Balaban J connectivity index is 1.86. The highest BCUT2D eigenvalue weighted by molar-refractivity contribution is 5.81. The molecule has 1 aliphatic rings. The maximum atomic E-state index is 13.6. The van der Waals surface area contributed by atoms with Crippen molar-refractivity contribution in [3.8, 4) is 11.4 Å². The normalized spacial score (nSPS) is 14.9. The molecular weight excluding hydrogens is 345 g/mol. The van der Waals surface area contributed by atoms with Crippen LogP contribution in [0.15, 0.2) is 24.4 Å². The monoisotopic (exact) mass is 355 g/mol. The summed E-state index contributed by atoms with van der Waals surface area (Å²) in [6.07, 6.45) is -1.75. The number of alkyl halides is 3. The summed E-state index contributed by atoms with van der Waals surface area (Å²) in [7, 11) is 0. The van der Waals surface area contributed by atoms with E-state index in [0.29, 0.717) is 11.3 Å². The van der Waals surface area contributed by atoms with Crippen LogP contribution in [0, 0.1) is 11.6 Å². The molecule has 1 aromatic carbocycles. The van der Waals surface area contributed by atoms with Crippen molar-refractivity contribution in [2.75, 3.05) is 5.32 Å². The SMILES string of the molecule is Fc1cc2nc(-c3cnnc(NC(F)(F)F)c3)n(C3CC3)c2cc1F. The van der Waals surface area contributed by atoms with Crippen molar-refractivity contribution >= 4 is 16.9 Å². The molecule has 10 heteroatoms. The highest BCUT2D eigenvalue weighted by atomic mass is 19.4. The van der Waals surface area contributed by atoms with Crippen molar-refractivity contribution in [2.24, 2.45) is 0 Å². The van der Waals surface area contributed by atoms with Gasteiger partial charge in [0.1, 0.15) is 5.82 Å². The van der Waals surface area contributed by atoms with Crippen molar-refractivity contribution in [2.45, 2.75) is 25.2 Å². The number of rotatable bonds is 3. The van der Waals surface area contributed by atoms with Gasteiger partial charge in [-0.05, 0) is 18.9 Å². The lowest BCUT2D eigenvalue weighted by atomic mass is 10.2. The summed E-state index contributed by atoms with van der Waals surface area (Å²) in [5.74, 6) is -2.24. The molecule has 1 saturated carbocycles. The first-order chi connectivity index (χ1) is 11.8. The molecule has 2 heterocycles. The zero-order chi connectivity index (χ0) is 17.8. The van der Waals surface area contributed by atoms with E-state index in [9.17, 15) is 22.0 Å². The van der Waals surface area contributed by atoms with Crippen LogP contribution in [0.4, 0.5) is 27.8 Å². The van der Waals surface area contributed by atoms with E-state index < -0.39 is 23.8 Å². The summed E-state index contributed by atoms with van der Waals surface area (Å²) >= 11 is 0. The molecule has 1 aliphatic carbocycles. The average molecular weight is 355 g/mol. The highest BCUT2D eigenvalue weighted by Crippen LogP contribution is 2.41. The number of hydrogen-bond donors (Lipinski definition) is 1. The van der Waals surface area contributed by atoms with Crippen LogP contribution >= 0.6 is 0 Å². The Hall–Kier alpha value is -2.78. The Bertz CT molecular complexity index is 961. The van der Waals surface area contributed by atoms with E-state index in [2.05, 4.69) is 15.2 Å². The zero-order valence-electron chi connectivity index (χ0n) is 12.5. The minimum Gasteiger partial charge on any atom is -0.321 e. The van der Waals surface area contributed by atoms with Crippen molar-refractivity contribution in [3.05, 3.63) is 36.0 Å². The molecule has 25 heavy (non-hydrogen) atoms. The first kappa shape index (κ1) is 15.7. The van der Waals surface area contributed by atoms with Gasteiger partial charge in [-0.25, -0.2) is 13.8 Å². The van der Waals surface area contributed by atoms with Gasteiger partial charge in [-0.15, -0.1) is 5.10 Å². The fraction of sp³-hybridized carbons (Fsp3) is 0.267. The highest BCUT2D eigenvalue weighted by Gasteiger charge is 2.31. The topological polar surface area (TPSA) is 55.6 Å². The number of nitrogens with zero attached hydrogens (tertiary/aromatic N) is 4. The third-order valence-corrected chi connectivity index (χ3v) is 3.83. The Morgan fingerprint density at radius 3 is 2.48 bits per heavy atom. The minimum atomic E-state index is -4.66. The molecule has 0 bridgehead atoms. The molecule has 1 N–H and O–H groups in total. The number of aromatic nitrogens is 4. The summed E-state index contributed by atoms with van der Waals surface area (Å²) in [4.78, 5) is 4.26. The number of fused-ring (bicyclic) bond motifs is 1. The van der Waals surface area contributed by atoms with Crippen LogP contribution < -0.4 is 5.32 Å². The van der Waals surface area contributed by atoms with Crippen molar-refractivity contribution < 1.29 is 22.0 Å². The lowest BCUT2D eigenvalue weighted by molar-refractivity contribution is -0.100. The molecule has 0 amide bonds. The van der Waals surface area contributed by atoms with Gasteiger partial charge in [0, 0.05) is 23.7 Å². The molecule has 5 nitrogen and oxygen atoms in total. The van der Waals surface area contributed by atoms with Crippen molar-refractivity contribution in [1.29, 1.82) is 0 Å². The third kappa shape index (κ3) is 2.99. The average Bonchev–Trinajstić information content (AvgIpc) is 3.29. The zero-order valence-corrected chi connectivity index (χ0v) is 12.5. The molecule has 2 aromatic heterocycles. The molecule has 0 unspecified atom stereocenters. The van der Waals surface area contributed by atoms with Gasteiger partial charge in [-0.2, -0.15) is 18.3 Å². The Morgan fingerprint density at radius 1 is 1.08 bits per heavy atom. The van der Waals surface area contributed by atoms with Crippen LogP contribution in [-0.2, 0) is 0 Å². The smallest absolute Gasteiger partial charge is 0.321 e. The first-order valence-electron chi connectivity index (χ1n) is 7.37. The Morgan fingerprint density at radius 2 is 1.80 bits per heavy atom. The minimum absolute atomic E-state index is 0.0389. The largest absolute Gasteiger partial charge is 0.483 e. The first-order valence-corrected chi connectivity index (χ1v) is 7.37. The standard InChI is InChI=1S/C15H10F5N5/c16-9-4-11-12(5-10(9)17)25(8-1-2-8)14(22-11)7-3-13(24-21-6-7)23-15(18,19)20/h3-6,8H,1-2H2,(H,23,24). The third-order valence-electron chi connectivity index (χ3n) is 3.83. The fourth-order valence-electron chi connectivity index (χ4n) is 2.69. The molecule has 1 fully saturated rings. The van der Waals surface area contributed by atoms with E-state index >= 15 is 0 Å². The molecular formula is C15H10F5N5. The van der Waals surface area contributed by atoms with Gasteiger partial charge in [-0.3, -0.25) is 5.32 Å². The summed E-state index contributed by atoms with van der Waals surface area (Å²) < 4.78 is 66.2. The molecule has 0 atom stereocenters. The molecule has 0 aliphatic heterocycles. The second-order valence-corrected chi connectivity index (χ2v) is 5.74. The molecule has 4 rings (SSSR count). The maximum absolute atomic E-state index is 13.6. The number of anilines is 1. The maximum Gasteiger partial charge on any atom is 0.483 e. The van der Waals surface area contributed by atoms with Gasteiger partial charge in [0.05, 0.1) is 17.2 Å². The van der Waals surface area contributed by atoms with Gasteiger partial charge in [0.25, 0.3) is 0 Å². The van der Waals surface area contributed by atoms with Crippen LogP contribution in [0.5, 0.6) is 0 Å².